The SMILES string of the molecule is Cc1ccc([C@H](C)NC(=O)C2CCN(Cc3ccccc3F)CC2)cc1. The number of nitrogens with zero attached hydrogens (tertiary/aromatic N) is 1. The Hall–Kier alpha value is -2.20. The number of nitrogens with one attached hydrogen (secondary N) is 1. The first-order valence-electron chi connectivity index (χ1n) is 9.35. The largest absolute Gasteiger partial charge is 0.349 e. The summed E-state index contributed by atoms with van der Waals surface area (Å²) in [5, 5.41) is 3.14. The van der Waals surface area contributed by atoms with Gasteiger partial charge < -0.3 is 5.32 Å². The normalized spacial score (nSPS) is 17.0. The van der Waals surface area contributed by atoms with Crippen LogP contribution in [0.4, 0.5) is 4.39 Å². The molecule has 4 heteroatoms. The van der Waals surface area contributed by atoms with Crippen LogP contribution in [0.25, 0.3) is 0 Å². The number of hydrogen-bond donors (Lipinski definition) is 1. The fraction of sp³-hybridized carbons (Fsp3) is 0.409. The van der Waals surface area contributed by atoms with Crippen LogP contribution < -0.4 is 5.32 Å². The molecule has 0 radical (unpaired) electrons. The van der Waals surface area contributed by atoms with Gasteiger partial charge in [0.1, 0.15) is 5.82 Å². The van der Waals surface area contributed by atoms with Crippen LogP contribution in [0.3, 0.4) is 0 Å². The average Bonchev–Trinajstić information content (AvgIpc) is 2.64. The van der Waals surface area contributed by atoms with Gasteiger partial charge >= 0.3 is 0 Å². The molecule has 26 heavy (non-hydrogen) atoms. The third-order valence-electron chi connectivity index (χ3n) is 5.25. The van der Waals surface area contributed by atoms with Gasteiger partial charge in [-0.3, -0.25) is 9.69 Å². The maximum atomic E-state index is 13.8. The lowest BCUT2D eigenvalue weighted by atomic mass is 9.94. The summed E-state index contributed by atoms with van der Waals surface area (Å²) < 4.78 is 13.8. The summed E-state index contributed by atoms with van der Waals surface area (Å²) in [7, 11) is 0. The first-order chi connectivity index (χ1) is 12.5. The van der Waals surface area contributed by atoms with E-state index in [-0.39, 0.29) is 23.7 Å². The van der Waals surface area contributed by atoms with Gasteiger partial charge in [-0.05, 0) is 51.4 Å². The van der Waals surface area contributed by atoms with E-state index < -0.39 is 0 Å². The molecule has 1 amide bonds. The standard InChI is InChI=1S/C22H27FN2O/c1-16-7-9-18(10-8-16)17(2)24-22(26)19-11-13-25(14-12-19)15-20-5-3-4-6-21(20)23/h3-10,17,19H,11-15H2,1-2H3,(H,24,26)/t17-/m0/s1. The Morgan fingerprint density at radius 3 is 2.46 bits per heavy atom. The van der Waals surface area contributed by atoms with Crippen molar-refractivity contribution < 1.29 is 9.18 Å². The Kier molecular flexibility index (Phi) is 6.04. The first-order valence-corrected chi connectivity index (χ1v) is 9.35. The Bertz CT molecular complexity index is 736. The van der Waals surface area contributed by atoms with E-state index in [9.17, 15) is 9.18 Å². The van der Waals surface area contributed by atoms with Crippen LogP contribution in [-0.2, 0) is 11.3 Å². The zero-order valence-electron chi connectivity index (χ0n) is 15.5. The quantitative estimate of drug-likeness (QED) is 0.872. The molecule has 0 saturated carbocycles. The molecule has 1 fully saturated rings. The topological polar surface area (TPSA) is 32.3 Å². The minimum atomic E-state index is -0.153. The summed E-state index contributed by atoms with van der Waals surface area (Å²) in [6.45, 7) is 6.34. The average molecular weight is 354 g/mol. The molecule has 1 heterocycles. The van der Waals surface area contributed by atoms with Gasteiger partial charge in [-0.1, -0.05) is 48.0 Å². The number of piperidine rings is 1. The molecule has 0 aromatic heterocycles. The molecule has 1 saturated heterocycles. The number of aryl methyl sites for hydroxylation is 1. The Morgan fingerprint density at radius 2 is 1.81 bits per heavy atom. The smallest absolute Gasteiger partial charge is 0.223 e. The zero-order chi connectivity index (χ0) is 18.5. The maximum Gasteiger partial charge on any atom is 0.223 e. The van der Waals surface area contributed by atoms with Crippen LogP contribution in [0.15, 0.2) is 48.5 Å². The third-order valence-corrected chi connectivity index (χ3v) is 5.25. The van der Waals surface area contributed by atoms with Gasteiger partial charge in [0.2, 0.25) is 5.91 Å². The van der Waals surface area contributed by atoms with Gasteiger partial charge in [-0.25, -0.2) is 4.39 Å². The minimum Gasteiger partial charge on any atom is -0.349 e. The van der Waals surface area contributed by atoms with E-state index in [0.717, 1.165) is 37.1 Å². The molecule has 1 aliphatic heterocycles. The fourth-order valence-electron chi connectivity index (χ4n) is 3.49. The maximum absolute atomic E-state index is 13.8. The molecule has 1 N–H and O–H groups in total. The van der Waals surface area contributed by atoms with E-state index in [1.165, 1.54) is 11.6 Å². The van der Waals surface area contributed by atoms with Gasteiger partial charge in [0, 0.05) is 18.0 Å². The monoisotopic (exact) mass is 354 g/mol. The summed E-state index contributed by atoms with van der Waals surface area (Å²) in [6, 6.07) is 15.2. The molecular formula is C22H27FN2O. The number of carbonyl (C=O) groups excluding carboxylic acids is 1. The second kappa shape index (κ2) is 8.45. The predicted molar refractivity (Wildman–Crippen MR) is 102 cm³/mol. The summed E-state index contributed by atoms with van der Waals surface area (Å²) in [4.78, 5) is 14.8. The van der Waals surface area contributed by atoms with Crippen LogP contribution in [0.1, 0.15) is 42.5 Å². The molecule has 3 nitrogen and oxygen atoms in total. The lowest BCUT2D eigenvalue weighted by molar-refractivity contribution is -0.127. The van der Waals surface area contributed by atoms with Gasteiger partial charge in [0.25, 0.3) is 0 Å². The van der Waals surface area contributed by atoms with Crippen molar-refractivity contribution in [1.29, 1.82) is 0 Å². The molecule has 1 atom stereocenters. The van der Waals surface area contributed by atoms with E-state index in [1.54, 1.807) is 6.07 Å². The summed E-state index contributed by atoms with van der Waals surface area (Å²) in [6.07, 6.45) is 1.64. The second-order valence-corrected chi connectivity index (χ2v) is 7.28. The van der Waals surface area contributed by atoms with E-state index in [2.05, 4.69) is 41.4 Å². The van der Waals surface area contributed by atoms with Crippen molar-refractivity contribution in [2.24, 2.45) is 5.92 Å². The number of likely N-dealkylation sites (tertiary alicyclic amines) is 1. The van der Waals surface area contributed by atoms with Crippen molar-refractivity contribution >= 4 is 5.91 Å². The number of hydrogen-bond acceptors (Lipinski definition) is 2. The van der Waals surface area contributed by atoms with Gasteiger partial charge in [-0.2, -0.15) is 0 Å². The highest BCUT2D eigenvalue weighted by Crippen LogP contribution is 2.22. The zero-order valence-corrected chi connectivity index (χ0v) is 15.5. The highest BCUT2D eigenvalue weighted by atomic mass is 19.1. The predicted octanol–water partition coefficient (Wildman–Crippen LogP) is 4.22. The number of rotatable bonds is 5. The molecule has 2 aromatic carbocycles. The van der Waals surface area contributed by atoms with Crippen molar-refractivity contribution in [3.63, 3.8) is 0 Å². The summed E-state index contributed by atoms with van der Waals surface area (Å²) in [5.74, 6) is 0.0164. The molecule has 2 aromatic rings. The van der Waals surface area contributed by atoms with E-state index in [4.69, 9.17) is 0 Å². The van der Waals surface area contributed by atoms with Gasteiger partial charge in [0.15, 0.2) is 0 Å². The van der Waals surface area contributed by atoms with E-state index in [0.29, 0.717) is 6.54 Å². The first kappa shape index (κ1) is 18.6. The van der Waals surface area contributed by atoms with Crippen LogP contribution >= 0.6 is 0 Å². The second-order valence-electron chi connectivity index (χ2n) is 7.28. The van der Waals surface area contributed by atoms with Crippen LogP contribution in [0, 0.1) is 18.7 Å². The third kappa shape index (κ3) is 4.70. The van der Waals surface area contributed by atoms with Crippen molar-refractivity contribution in [3.05, 3.63) is 71.0 Å². The highest BCUT2D eigenvalue weighted by Gasteiger charge is 2.26. The molecule has 0 spiro atoms. The lowest BCUT2D eigenvalue weighted by Crippen LogP contribution is -2.41. The Labute approximate surface area is 155 Å². The number of carbonyl (C=O) groups is 1. The molecule has 1 aliphatic rings. The van der Waals surface area contributed by atoms with Crippen molar-refractivity contribution in [2.45, 2.75) is 39.3 Å². The highest BCUT2D eigenvalue weighted by molar-refractivity contribution is 5.79. The van der Waals surface area contributed by atoms with Gasteiger partial charge in [-0.15, -0.1) is 0 Å². The summed E-state index contributed by atoms with van der Waals surface area (Å²) in [5.41, 5.74) is 3.07. The van der Waals surface area contributed by atoms with Crippen LogP contribution in [0.2, 0.25) is 0 Å². The fourth-order valence-corrected chi connectivity index (χ4v) is 3.49. The van der Waals surface area contributed by atoms with Crippen LogP contribution in [0.5, 0.6) is 0 Å². The van der Waals surface area contributed by atoms with E-state index in [1.807, 2.05) is 19.1 Å². The molecular weight excluding hydrogens is 327 g/mol. The van der Waals surface area contributed by atoms with Gasteiger partial charge in [0.05, 0.1) is 6.04 Å². The van der Waals surface area contributed by atoms with Crippen molar-refractivity contribution in [1.82, 2.24) is 10.2 Å². The number of halogens is 1. The molecule has 0 aliphatic carbocycles. The molecule has 0 bridgehead atoms. The van der Waals surface area contributed by atoms with Crippen molar-refractivity contribution in [3.8, 4) is 0 Å². The van der Waals surface area contributed by atoms with Crippen LogP contribution in [-0.4, -0.2) is 23.9 Å². The summed E-state index contributed by atoms with van der Waals surface area (Å²) >= 11 is 0. The van der Waals surface area contributed by atoms with E-state index >= 15 is 0 Å². The molecule has 138 valence electrons. The lowest BCUT2D eigenvalue weighted by Gasteiger charge is -2.32. The Balaban J connectivity index is 1.49. The van der Waals surface area contributed by atoms with Crippen molar-refractivity contribution in [2.75, 3.05) is 13.1 Å². The molecule has 3 rings (SSSR count). The molecule has 0 unspecified atom stereocenters. The number of benzene rings is 2. The Morgan fingerprint density at radius 1 is 1.15 bits per heavy atom. The minimum absolute atomic E-state index is 0.0135. The number of amides is 1.